The lowest BCUT2D eigenvalue weighted by molar-refractivity contribution is -0.147. The molecule has 0 unspecified atom stereocenters. The Bertz CT molecular complexity index is 795. The third-order valence-electron chi connectivity index (χ3n) is 3.47. The summed E-state index contributed by atoms with van der Waals surface area (Å²) in [5.74, 6) is -1.71. The van der Waals surface area contributed by atoms with E-state index >= 15 is 0 Å². The van der Waals surface area contributed by atoms with Gasteiger partial charge in [0.05, 0.1) is 11.3 Å². The molecule has 3 rings (SSSR count). The summed E-state index contributed by atoms with van der Waals surface area (Å²) in [6.07, 6.45) is 2.15. The highest BCUT2D eigenvalue weighted by molar-refractivity contribution is 6.34. The lowest BCUT2D eigenvalue weighted by Crippen LogP contribution is -2.21. The highest BCUT2D eigenvalue weighted by atomic mass is 16.5. The summed E-state index contributed by atoms with van der Waals surface area (Å²) >= 11 is 0. The number of Topliss-reactive ketones (excluding diaryl/α,β-unsaturated/α-hetero) is 1. The minimum atomic E-state index is -0.945. The average Bonchev–Trinajstić information content (AvgIpc) is 2.82. The molecule has 5 nitrogen and oxygen atoms in total. The van der Waals surface area contributed by atoms with Gasteiger partial charge in [-0.05, 0) is 6.42 Å². The highest BCUT2D eigenvalue weighted by Gasteiger charge is 2.32. The maximum Gasteiger partial charge on any atom is 0.380 e. The van der Waals surface area contributed by atoms with Crippen LogP contribution >= 0.6 is 0 Å². The van der Waals surface area contributed by atoms with Crippen molar-refractivity contribution in [2.75, 3.05) is 0 Å². The molecule has 0 spiro atoms. The second-order valence-corrected chi connectivity index (χ2v) is 4.97. The number of benzene rings is 1. The van der Waals surface area contributed by atoms with Gasteiger partial charge in [0.2, 0.25) is 5.78 Å². The Morgan fingerprint density at radius 1 is 1.14 bits per heavy atom. The predicted octanol–water partition coefficient (Wildman–Crippen LogP) is 2.57. The Balaban J connectivity index is 1.99. The summed E-state index contributed by atoms with van der Waals surface area (Å²) in [6.45, 7) is 1.80. The van der Waals surface area contributed by atoms with Crippen LogP contribution in [0.25, 0.3) is 11.3 Å². The molecule has 0 saturated heterocycles. The molecule has 0 atom stereocenters. The molecule has 0 saturated carbocycles. The van der Waals surface area contributed by atoms with Gasteiger partial charge in [0.1, 0.15) is 5.75 Å². The molecular formula is C17H13NO4. The van der Waals surface area contributed by atoms with E-state index in [1.54, 1.807) is 25.1 Å². The van der Waals surface area contributed by atoms with Crippen LogP contribution in [0.15, 0.2) is 36.5 Å². The largest absolute Gasteiger partial charge is 0.420 e. The zero-order chi connectivity index (χ0) is 15.7. The summed E-state index contributed by atoms with van der Waals surface area (Å²) in [6, 6.07) is 8.50. The van der Waals surface area contributed by atoms with Gasteiger partial charge in [-0.15, -0.1) is 0 Å². The predicted molar refractivity (Wildman–Crippen MR) is 78.7 cm³/mol. The Labute approximate surface area is 126 Å². The summed E-state index contributed by atoms with van der Waals surface area (Å²) in [5, 5.41) is 0. The highest BCUT2D eigenvalue weighted by Crippen LogP contribution is 2.39. The molecular weight excluding hydrogens is 282 g/mol. The molecule has 0 aliphatic heterocycles. The Morgan fingerprint density at radius 2 is 1.86 bits per heavy atom. The molecule has 1 aromatic carbocycles. The van der Waals surface area contributed by atoms with Gasteiger partial charge in [0.15, 0.2) is 5.78 Å². The normalized spacial score (nSPS) is 11.8. The van der Waals surface area contributed by atoms with Crippen LogP contribution in [0.3, 0.4) is 0 Å². The first-order chi connectivity index (χ1) is 10.6. The Hall–Kier alpha value is -2.82. The third kappa shape index (κ3) is 2.20. The second kappa shape index (κ2) is 5.52. The zero-order valence-electron chi connectivity index (χ0n) is 12.0. The van der Waals surface area contributed by atoms with Crippen LogP contribution in [-0.2, 0) is 9.59 Å². The molecule has 0 radical (unpaired) electrons. The number of rotatable bonds is 4. The number of pyridine rings is 1. The smallest absolute Gasteiger partial charge is 0.380 e. The number of ketones is 2. The van der Waals surface area contributed by atoms with E-state index in [2.05, 4.69) is 4.98 Å². The van der Waals surface area contributed by atoms with Crippen molar-refractivity contribution in [1.82, 2.24) is 4.98 Å². The van der Waals surface area contributed by atoms with Crippen molar-refractivity contribution in [3.05, 3.63) is 47.7 Å². The number of nitrogens with zero attached hydrogens (tertiary/aromatic N) is 1. The summed E-state index contributed by atoms with van der Waals surface area (Å²) < 4.78 is 5.12. The number of ether oxygens (including phenoxy) is 1. The molecule has 5 heteroatoms. The van der Waals surface area contributed by atoms with Gasteiger partial charge in [0, 0.05) is 29.8 Å². The van der Waals surface area contributed by atoms with Gasteiger partial charge in [-0.1, -0.05) is 31.2 Å². The van der Waals surface area contributed by atoms with Gasteiger partial charge in [0.25, 0.3) is 0 Å². The third-order valence-corrected chi connectivity index (χ3v) is 3.47. The fourth-order valence-electron chi connectivity index (χ4n) is 2.46. The molecule has 1 aromatic heterocycles. The SMILES string of the molecule is CCCC(=O)C(=O)Oc1ccnc2c1C(=O)c1ccccc1-2. The minimum Gasteiger partial charge on any atom is -0.420 e. The van der Waals surface area contributed by atoms with E-state index < -0.39 is 11.8 Å². The maximum atomic E-state index is 12.5. The fourth-order valence-corrected chi connectivity index (χ4v) is 2.46. The Morgan fingerprint density at radius 3 is 2.59 bits per heavy atom. The van der Waals surface area contributed by atoms with Crippen molar-refractivity contribution in [2.24, 2.45) is 0 Å². The first-order valence-electron chi connectivity index (χ1n) is 7.01. The van der Waals surface area contributed by atoms with E-state index in [1.807, 2.05) is 6.07 Å². The van der Waals surface area contributed by atoms with Crippen LogP contribution < -0.4 is 4.74 Å². The van der Waals surface area contributed by atoms with Gasteiger partial charge >= 0.3 is 5.97 Å². The quantitative estimate of drug-likeness (QED) is 0.546. The second-order valence-electron chi connectivity index (χ2n) is 4.97. The number of carbonyl (C=O) groups is 3. The first-order valence-corrected chi connectivity index (χ1v) is 7.01. The molecule has 0 N–H and O–H groups in total. The molecule has 110 valence electrons. The Kier molecular flexibility index (Phi) is 3.55. The van der Waals surface area contributed by atoms with Crippen LogP contribution in [0, 0.1) is 0 Å². The van der Waals surface area contributed by atoms with Crippen LogP contribution in [-0.4, -0.2) is 22.5 Å². The van der Waals surface area contributed by atoms with Crippen molar-refractivity contribution in [1.29, 1.82) is 0 Å². The number of esters is 1. The molecule has 0 amide bonds. The molecule has 0 bridgehead atoms. The molecule has 22 heavy (non-hydrogen) atoms. The standard InChI is InChI=1S/C17H13NO4/c1-2-5-12(19)17(21)22-13-8-9-18-15-10-6-3-4-7-11(10)16(20)14(13)15/h3-4,6-9H,2,5H2,1H3. The average molecular weight is 295 g/mol. The fraction of sp³-hybridized carbons (Fsp3) is 0.176. The zero-order valence-corrected chi connectivity index (χ0v) is 12.0. The molecule has 2 aromatic rings. The molecule has 1 heterocycles. The van der Waals surface area contributed by atoms with Crippen molar-refractivity contribution in [2.45, 2.75) is 19.8 Å². The van der Waals surface area contributed by atoms with Crippen molar-refractivity contribution >= 4 is 17.5 Å². The lowest BCUT2D eigenvalue weighted by Gasteiger charge is -2.07. The van der Waals surface area contributed by atoms with Crippen LogP contribution in [0.2, 0.25) is 0 Å². The van der Waals surface area contributed by atoms with E-state index in [1.165, 1.54) is 12.3 Å². The van der Waals surface area contributed by atoms with Crippen LogP contribution in [0.1, 0.15) is 35.7 Å². The number of fused-ring (bicyclic) bond motifs is 3. The van der Waals surface area contributed by atoms with Crippen molar-refractivity contribution < 1.29 is 19.1 Å². The van der Waals surface area contributed by atoms with E-state index in [-0.39, 0.29) is 23.5 Å². The van der Waals surface area contributed by atoms with Crippen molar-refractivity contribution in [3.63, 3.8) is 0 Å². The number of aromatic nitrogens is 1. The van der Waals surface area contributed by atoms with Crippen LogP contribution in [0.4, 0.5) is 0 Å². The van der Waals surface area contributed by atoms with Crippen LogP contribution in [0.5, 0.6) is 5.75 Å². The summed E-state index contributed by atoms with van der Waals surface area (Å²) in [4.78, 5) is 40.0. The van der Waals surface area contributed by atoms with Gasteiger partial charge in [-0.25, -0.2) is 4.79 Å². The number of hydrogen-bond donors (Lipinski definition) is 0. The van der Waals surface area contributed by atoms with E-state index in [4.69, 9.17) is 4.74 Å². The molecule has 0 fully saturated rings. The minimum absolute atomic E-state index is 0.0839. The van der Waals surface area contributed by atoms with Gasteiger partial charge < -0.3 is 4.74 Å². The number of hydrogen-bond acceptors (Lipinski definition) is 5. The summed E-state index contributed by atoms with van der Waals surface area (Å²) in [5.41, 5.74) is 1.95. The lowest BCUT2D eigenvalue weighted by atomic mass is 10.1. The first kappa shape index (κ1) is 14.1. The van der Waals surface area contributed by atoms with Gasteiger partial charge in [-0.3, -0.25) is 14.6 Å². The summed E-state index contributed by atoms with van der Waals surface area (Å²) in [7, 11) is 0. The molecule has 1 aliphatic carbocycles. The molecule has 1 aliphatic rings. The van der Waals surface area contributed by atoms with Gasteiger partial charge in [-0.2, -0.15) is 0 Å². The maximum absolute atomic E-state index is 12.5. The topological polar surface area (TPSA) is 73.3 Å². The van der Waals surface area contributed by atoms with Crippen molar-refractivity contribution in [3.8, 4) is 17.0 Å². The van der Waals surface area contributed by atoms with E-state index in [0.717, 1.165) is 0 Å². The number of carbonyl (C=O) groups excluding carboxylic acids is 3. The van der Waals surface area contributed by atoms with E-state index in [0.29, 0.717) is 23.2 Å². The monoisotopic (exact) mass is 295 g/mol. The van der Waals surface area contributed by atoms with E-state index in [9.17, 15) is 14.4 Å².